The van der Waals surface area contributed by atoms with Gasteiger partial charge in [-0.2, -0.15) is 0 Å². The van der Waals surface area contributed by atoms with Gasteiger partial charge >= 0.3 is 0 Å². The lowest BCUT2D eigenvalue weighted by atomic mass is 9.92. The Bertz CT molecular complexity index is 1030. The van der Waals surface area contributed by atoms with Crippen molar-refractivity contribution < 1.29 is 0 Å². The topological polar surface area (TPSA) is 24.4 Å². The Morgan fingerprint density at radius 2 is 1.26 bits per heavy atom. The molecule has 0 aliphatic rings. The lowest BCUT2D eigenvalue weighted by Crippen LogP contribution is -2.15. The second kappa shape index (κ2) is 12.7. The van der Waals surface area contributed by atoms with Crippen LogP contribution in [0.1, 0.15) is 64.5 Å². The van der Waals surface area contributed by atoms with Crippen LogP contribution >= 0.6 is 7.92 Å². The van der Waals surface area contributed by atoms with Gasteiger partial charge in [0, 0.05) is 23.6 Å². The number of nitrogens with one attached hydrogen (secondary N) is 1. The van der Waals surface area contributed by atoms with Gasteiger partial charge in [0.2, 0.25) is 0 Å². The Balaban J connectivity index is 1.74. The molecule has 0 aromatic heterocycles. The molecule has 0 radical (unpaired) electrons. The summed E-state index contributed by atoms with van der Waals surface area (Å²) in [6.07, 6.45) is 3.23. The van der Waals surface area contributed by atoms with Crippen molar-refractivity contribution in [3.05, 3.63) is 102 Å². The van der Waals surface area contributed by atoms with Crippen molar-refractivity contribution in [1.29, 1.82) is 0 Å². The minimum absolute atomic E-state index is 0.408. The van der Waals surface area contributed by atoms with E-state index in [1.54, 1.807) is 0 Å². The average Bonchev–Trinajstić information content (AvgIpc) is 2.82. The van der Waals surface area contributed by atoms with Crippen molar-refractivity contribution in [1.82, 2.24) is 0 Å². The van der Waals surface area contributed by atoms with Crippen LogP contribution in [-0.2, 0) is 0 Å². The highest BCUT2D eigenvalue weighted by molar-refractivity contribution is 7.73. The first-order valence-electron chi connectivity index (χ1n) is 12.3. The van der Waals surface area contributed by atoms with Gasteiger partial charge in [0.15, 0.2) is 0 Å². The van der Waals surface area contributed by atoms with E-state index in [1.807, 2.05) is 0 Å². The smallest absolute Gasteiger partial charge is 0.0452 e. The fourth-order valence-electron chi connectivity index (χ4n) is 4.24. The van der Waals surface area contributed by atoms with Crippen LogP contribution in [-0.4, -0.2) is 18.4 Å². The summed E-state index contributed by atoms with van der Waals surface area (Å²) < 4.78 is 0. The van der Waals surface area contributed by atoms with Crippen molar-refractivity contribution in [2.24, 2.45) is 4.99 Å². The Kier molecular flexibility index (Phi) is 9.66. The summed E-state index contributed by atoms with van der Waals surface area (Å²) in [5.41, 5.74) is 6.18. The predicted molar refractivity (Wildman–Crippen MR) is 154 cm³/mol. The van der Waals surface area contributed by atoms with Crippen LogP contribution in [0.25, 0.3) is 0 Å². The Labute approximate surface area is 208 Å². The molecule has 34 heavy (non-hydrogen) atoms. The van der Waals surface area contributed by atoms with Crippen LogP contribution in [0, 0.1) is 0 Å². The Morgan fingerprint density at radius 3 is 1.74 bits per heavy atom. The maximum absolute atomic E-state index is 4.93. The fourth-order valence-corrected chi connectivity index (χ4v) is 6.42. The van der Waals surface area contributed by atoms with Gasteiger partial charge in [-0.3, -0.25) is 4.99 Å². The monoisotopic (exact) mass is 470 g/mol. The molecule has 3 heteroatoms. The second-order valence-electron chi connectivity index (χ2n) is 9.42. The summed E-state index contributed by atoms with van der Waals surface area (Å²) in [5, 5.41) is 6.53. The third kappa shape index (κ3) is 7.15. The number of hydrogen-bond acceptors (Lipinski definition) is 2. The van der Waals surface area contributed by atoms with E-state index in [0.29, 0.717) is 11.8 Å². The first kappa shape index (κ1) is 25.9. The molecule has 3 aromatic carbocycles. The number of allylic oxidation sites excluding steroid dienone is 2. The third-order valence-electron chi connectivity index (χ3n) is 5.94. The van der Waals surface area contributed by atoms with Gasteiger partial charge in [-0.1, -0.05) is 107 Å². The molecule has 0 unspecified atom stereocenters. The molecular formula is C31H39N2P. The normalized spacial score (nSPS) is 12.6. The number of nitrogens with zero attached hydrogens (tertiary/aromatic N) is 1. The average molecular weight is 471 g/mol. The molecule has 0 atom stereocenters. The standard InChI is InChI=1S/C31H39N2P/c1-23(2)29-18-13-19-30(24(3)4)31(29)33-26(6)22-25(5)32-20-21-34(27-14-9-7-10-15-27)28-16-11-8-12-17-28/h7-19,22-24,33H,20-21H2,1-6H3/b26-22-,32-25?. The van der Waals surface area contributed by atoms with Crippen molar-refractivity contribution in [3.63, 3.8) is 0 Å². The van der Waals surface area contributed by atoms with Crippen LogP contribution in [0.4, 0.5) is 5.69 Å². The predicted octanol–water partition coefficient (Wildman–Crippen LogP) is 7.84. The van der Waals surface area contributed by atoms with Gasteiger partial charge in [-0.15, -0.1) is 0 Å². The Hall–Kier alpha value is -2.70. The van der Waals surface area contributed by atoms with Crippen LogP contribution in [0.15, 0.2) is 95.6 Å². The highest BCUT2D eigenvalue weighted by Gasteiger charge is 2.14. The summed E-state index contributed by atoms with van der Waals surface area (Å²) in [6.45, 7) is 14.1. The quantitative estimate of drug-likeness (QED) is 0.237. The SMILES string of the molecule is CC(/C=C(/C)Nc1c(C(C)C)cccc1C(C)C)=NCCP(c1ccccc1)c1ccccc1. The van der Waals surface area contributed by atoms with E-state index >= 15 is 0 Å². The first-order chi connectivity index (χ1) is 16.4. The zero-order valence-corrected chi connectivity index (χ0v) is 22.4. The molecular weight excluding hydrogens is 431 g/mol. The molecule has 0 bridgehead atoms. The van der Waals surface area contributed by atoms with Gasteiger partial charge in [0.25, 0.3) is 0 Å². The first-order valence-corrected chi connectivity index (χ1v) is 13.9. The minimum Gasteiger partial charge on any atom is -0.359 e. The van der Waals surface area contributed by atoms with Gasteiger partial charge < -0.3 is 5.32 Å². The molecule has 178 valence electrons. The molecule has 0 fully saturated rings. The fraction of sp³-hybridized carbons (Fsp3) is 0.323. The van der Waals surface area contributed by atoms with E-state index in [2.05, 4.69) is 132 Å². The third-order valence-corrected chi connectivity index (χ3v) is 8.43. The number of aliphatic imine (C=N–C) groups is 1. The zero-order chi connectivity index (χ0) is 24.5. The van der Waals surface area contributed by atoms with E-state index in [1.165, 1.54) is 27.4 Å². The highest BCUT2D eigenvalue weighted by atomic mass is 31.1. The number of benzene rings is 3. The summed E-state index contributed by atoms with van der Waals surface area (Å²) >= 11 is 0. The van der Waals surface area contributed by atoms with E-state index in [-0.39, 0.29) is 0 Å². The lowest BCUT2D eigenvalue weighted by Gasteiger charge is -2.21. The number of anilines is 1. The van der Waals surface area contributed by atoms with Crippen LogP contribution in [0.3, 0.4) is 0 Å². The molecule has 3 rings (SSSR count). The van der Waals surface area contributed by atoms with Crippen LogP contribution in [0.2, 0.25) is 0 Å². The highest BCUT2D eigenvalue weighted by Crippen LogP contribution is 2.34. The van der Waals surface area contributed by atoms with E-state index in [0.717, 1.165) is 24.1 Å². The molecule has 0 saturated heterocycles. The number of hydrogen-bond donors (Lipinski definition) is 1. The van der Waals surface area contributed by atoms with Gasteiger partial charge in [-0.25, -0.2) is 0 Å². The van der Waals surface area contributed by atoms with E-state index in [9.17, 15) is 0 Å². The maximum atomic E-state index is 4.93. The van der Waals surface area contributed by atoms with E-state index < -0.39 is 7.92 Å². The Morgan fingerprint density at radius 1 is 0.765 bits per heavy atom. The summed E-state index contributed by atoms with van der Waals surface area (Å²) in [6, 6.07) is 28.4. The number of para-hydroxylation sites is 1. The molecule has 1 N–H and O–H groups in total. The van der Waals surface area contributed by atoms with Crippen LogP contribution in [0.5, 0.6) is 0 Å². The molecule has 0 saturated carbocycles. The van der Waals surface area contributed by atoms with Crippen LogP contribution < -0.4 is 15.9 Å². The summed E-state index contributed by atoms with van der Waals surface area (Å²) in [4.78, 5) is 4.93. The molecule has 3 aromatic rings. The van der Waals surface area contributed by atoms with Crippen molar-refractivity contribution in [3.8, 4) is 0 Å². The number of rotatable bonds is 10. The van der Waals surface area contributed by atoms with Crippen molar-refractivity contribution in [2.75, 3.05) is 18.0 Å². The largest absolute Gasteiger partial charge is 0.359 e. The minimum atomic E-state index is -0.408. The van der Waals surface area contributed by atoms with Crippen molar-refractivity contribution in [2.45, 2.75) is 53.4 Å². The lowest BCUT2D eigenvalue weighted by molar-refractivity contribution is 0.837. The summed E-state index contributed by atoms with van der Waals surface area (Å²) in [5.74, 6) is 0.943. The van der Waals surface area contributed by atoms with Gasteiger partial charge in [0.05, 0.1) is 0 Å². The van der Waals surface area contributed by atoms with Gasteiger partial charge in [-0.05, 0) is 67.6 Å². The van der Waals surface area contributed by atoms with Crippen molar-refractivity contribution >= 4 is 29.9 Å². The maximum Gasteiger partial charge on any atom is 0.0452 e. The molecule has 0 amide bonds. The van der Waals surface area contributed by atoms with E-state index in [4.69, 9.17) is 4.99 Å². The second-order valence-corrected chi connectivity index (χ2v) is 11.8. The molecule has 0 heterocycles. The molecule has 2 nitrogen and oxygen atoms in total. The molecule has 0 aliphatic heterocycles. The summed E-state index contributed by atoms with van der Waals surface area (Å²) in [7, 11) is -0.408. The van der Waals surface area contributed by atoms with Gasteiger partial charge in [0.1, 0.15) is 0 Å². The molecule has 0 aliphatic carbocycles. The molecule has 0 spiro atoms. The zero-order valence-electron chi connectivity index (χ0n) is 21.5.